The van der Waals surface area contributed by atoms with Crippen molar-refractivity contribution in [1.29, 1.82) is 0 Å². The van der Waals surface area contributed by atoms with Gasteiger partial charge in [0.2, 0.25) is 0 Å². The first-order valence-corrected chi connectivity index (χ1v) is 10.3. The van der Waals surface area contributed by atoms with E-state index in [-0.39, 0.29) is 80.3 Å². The molecule has 5 nitrogen and oxygen atoms in total. The average molecular weight is 468 g/mol. The smallest absolute Gasteiger partial charge is 0.134 e. The highest BCUT2D eigenvalue weighted by Crippen LogP contribution is 2.07. The Hall–Kier alpha value is -0.690. The highest BCUT2D eigenvalue weighted by molar-refractivity contribution is 9.09. The molecule has 0 aromatic heterocycles. The molecule has 0 spiro atoms. The number of Topliss-reactive ketones (excluding diaryl/α,β-unsaturated/α-hetero) is 5. The summed E-state index contributed by atoms with van der Waals surface area (Å²) in [5.74, 6) is -0.260. The third-order valence-corrected chi connectivity index (χ3v) is 4.27. The van der Waals surface area contributed by atoms with Crippen molar-refractivity contribution in [2.24, 2.45) is 0 Å². The van der Waals surface area contributed by atoms with Gasteiger partial charge < -0.3 is 0 Å². The maximum atomic E-state index is 11.7. The summed E-state index contributed by atoms with van der Waals surface area (Å²) in [5.41, 5.74) is 0. The molecule has 0 saturated carbocycles. The molecule has 7 heteroatoms. The quantitative estimate of drug-likeness (QED) is 0.324. The van der Waals surface area contributed by atoms with Gasteiger partial charge >= 0.3 is 0 Å². The predicted molar refractivity (Wildman–Crippen MR) is 98.8 cm³/mol. The van der Waals surface area contributed by atoms with Crippen molar-refractivity contribution in [2.45, 2.75) is 64.2 Å². The zero-order chi connectivity index (χ0) is 18.4. The summed E-state index contributed by atoms with van der Waals surface area (Å²) in [5, 5.41) is 1.18. The third kappa shape index (κ3) is 13.7. The minimum atomic E-state index is -0.129. The number of hydrogen-bond donors (Lipinski definition) is 0. The number of ketones is 5. The highest BCUT2D eigenvalue weighted by atomic mass is 79.9. The standard InChI is InChI=1S/C17H24Br2O5/c18-11-9-16(23)7-5-14(21)3-1-13(20)2-4-15(22)6-8-17(24)10-12-19/h1-12H2. The van der Waals surface area contributed by atoms with Crippen LogP contribution in [-0.2, 0) is 24.0 Å². The number of rotatable bonds is 16. The molecule has 0 aromatic carbocycles. The average Bonchev–Trinajstić information content (AvgIpc) is 2.54. The molecule has 0 rings (SSSR count). The van der Waals surface area contributed by atoms with Gasteiger partial charge in [-0.2, -0.15) is 0 Å². The second-order valence-corrected chi connectivity index (χ2v) is 7.16. The van der Waals surface area contributed by atoms with Crippen LogP contribution in [0.15, 0.2) is 0 Å². The van der Waals surface area contributed by atoms with Crippen LogP contribution in [0.3, 0.4) is 0 Å². The number of alkyl halides is 2. The van der Waals surface area contributed by atoms with E-state index in [9.17, 15) is 24.0 Å². The fourth-order valence-corrected chi connectivity index (χ4v) is 2.84. The molecule has 0 fully saturated rings. The van der Waals surface area contributed by atoms with Gasteiger partial charge in [-0.25, -0.2) is 0 Å². The van der Waals surface area contributed by atoms with Crippen LogP contribution in [0.1, 0.15) is 64.2 Å². The summed E-state index contributed by atoms with van der Waals surface area (Å²) in [7, 11) is 0. The van der Waals surface area contributed by atoms with Crippen molar-refractivity contribution in [3.8, 4) is 0 Å². The molecule has 136 valence electrons. The van der Waals surface area contributed by atoms with Crippen molar-refractivity contribution in [2.75, 3.05) is 10.7 Å². The number of hydrogen-bond acceptors (Lipinski definition) is 5. The monoisotopic (exact) mass is 466 g/mol. The Kier molecular flexibility index (Phi) is 14.2. The van der Waals surface area contributed by atoms with E-state index < -0.39 is 0 Å². The van der Waals surface area contributed by atoms with E-state index >= 15 is 0 Å². The summed E-state index contributed by atoms with van der Waals surface area (Å²) < 4.78 is 0. The molecule has 0 heterocycles. The number of halogens is 2. The van der Waals surface area contributed by atoms with Gasteiger partial charge in [-0.1, -0.05) is 31.9 Å². The van der Waals surface area contributed by atoms with Gasteiger partial charge in [0.15, 0.2) is 0 Å². The molecule has 0 radical (unpaired) electrons. The molecule has 0 aromatic rings. The van der Waals surface area contributed by atoms with E-state index in [1.807, 2.05) is 0 Å². The molecule has 0 aliphatic rings. The van der Waals surface area contributed by atoms with Gasteiger partial charge in [-0.15, -0.1) is 0 Å². The van der Waals surface area contributed by atoms with E-state index in [1.54, 1.807) is 0 Å². The predicted octanol–water partition coefficient (Wildman–Crippen LogP) is 3.52. The van der Waals surface area contributed by atoms with E-state index in [0.717, 1.165) is 0 Å². The fourth-order valence-electron chi connectivity index (χ4n) is 1.95. The molecule has 0 atom stereocenters. The molecular weight excluding hydrogens is 444 g/mol. The van der Waals surface area contributed by atoms with Gasteiger partial charge in [0, 0.05) is 74.9 Å². The summed E-state index contributed by atoms with van der Waals surface area (Å²) >= 11 is 6.33. The van der Waals surface area contributed by atoms with Crippen LogP contribution in [0.4, 0.5) is 0 Å². The fraction of sp³-hybridized carbons (Fsp3) is 0.706. The van der Waals surface area contributed by atoms with Gasteiger partial charge in [0.1, 0.15) is 28.9 Å². The Bertz CT molecular complexity index is 420. The first-order valence-electron chi connectivity index (χ1n) is 8.09. The Morgan fingerprint density at radius 2 is 0.542 bits per heavy atom. The van der Waals surface area contributed by atoms with Crippen LogP contribution in [0.2, 0.25) is 0 Å². The second kappa shape index (κ2) is 14.6. The second-order valence-electron chi connectivity index (χ2n) is 5.57. The molecule has 0 aliphatic heterocycles. The van der Waals surface area contributed by atoms with Gasteiger partial charge in [-0.05, 0) is 0 Å². The Morgan fingerprint density at radius 3 is 0.708 bits per heavy atom. The van der Waals surface area contributed by atoms with Crippen LogP contribution in [-0.4, -0.2) is 39.6 Å². The molecule has 0 saturated heterocycles. The van der Waals surface area contributed by atoms with E-state index in [2.05, 4.69) is 31.9 Å². The molecular formula is C17H24Br2O5. The lowest BCUT2D eigenvalue weighted by Gasteiger charge is -2.02. The normalized spacial score (nSPS) is 10.4. The SMILES string of the molecule is O=C(CCBr)CCC(=O)CCC(=O)CCC(=O)CCC(=O)CCBr. The topological polar surface area (TPSA) is 85.3 Å². The molecule has 24 heavy (non-hydrogen) atoms. The van der Waals surface area contributed by atoms with Gasteiger partial charge in [-0.3, -0.25) is 24.0 Å². The minimum Gasteiger partial charge on any atom is -0.300 e. The summed E-state index contributed by atoms with van der Waals surface area (Å²) in [6.07, 6.45) is 2.08. The largest absolute Gasteiger partial charge is 0.300 e. The van der Waals surface area contributed by atoms with E-state index in [1.165, 1.54) is 0 Å². The van der Waals surface area contributed by atoms with Crippen LogP contribution >= 0.6 is 31.9 Å². The Balaban J connectivity index is 3.78. The third-order valence-electron chi connectivity index (χ3n) is 3.48. The van der Waals surface area contributed by atoms with Gasteiger partial charge in [0.05, 0.1) is 0 Å². The maximum Gasteiger partial charge on any atom is 0.134 e. The van der Waals surface area contributed by atoms with Gasteiger partial charge in [0.25, 0.3) is 0 Å². The summed E-state index contributed by atoms with van der Waals surface area (Å²) in [6.45, 7) is 0. The van der Waals surface area contributed by atoms with Crippen molar-refractivity contribution in [3.63, 3.8) is 0 Å². The van der Waals surface area contributed by atoms with Crippen LogP contribution in [0, 0.1) is 0 Å². The molecule has 0 unspecified atom stereocenters. The van der Waals surface area contributed by atoms with Crippen LogP contribution < -0.4 is 0 Å². The van der Waals surface area contributed by atoms with Crippen molar-refractivity contribution >= 4 is 60.8 Å². The summed E-state index contributed by atoms with van der Waals surface area (Å²) in [6, 6.07) is 0. The number of carbonyl (C=O) groups is 5. The number of carbonyl (C=O) groups excluding carboxylic acids is 5. The van der Waals surface area contributed by atoms with Crippen molar-refractivity contribution < 1.29 is 24.0 Å². The molecule has 0 amide bonds. The lowest BCUT2D eigenvalue weighted by atomic mass is 10.0. The van der Waals surface area contributed by atoms with E-state index in [0.29, 0.717) is 23.5 Å². The van der Waals surface area contributed by atoms with Crippen molar-refractivity contribution in [1.82, 2.24) is 0 Å². The van der Waals surface area contributed by atoms with Crippen LogP contribution in [0.25, 0.3) is 0 Å². The lowest BCUT2D eigenvalue weighted by Crippen LogP contribution is -2.09. The molecule has 0 aliphatic carbocycles. The maximum absolute atomic E-state index is 11.7. The lowest BCUT2D eigenvalue weighted by molar-refractivity contribution is -0.127. The van der Waals surface area contributed by atoms with E-state index in [4.69, 9.17) is 0 Å². The van der Waals surface area contributed by atoms with Crippen molar-refractivity contribution in [3.05, 3.63) is 0 Å². The zero-order valence-electron chi connectivity index (χ0n) is 13.8. The molecule has 0 N–H and O–H groups in total. The first kappa shape index (κ1) is 23.3. The highest BCUT2D eigenvalue weighted by Gasteiger charge is 2.12. The first-order chi connectivity index (χ1) is 11.4. The zero-order valence-corrected chi connectivity index (χ0v) is 17.0. The Labute approximate surface area is 159 Å². The minimum absolute atomic E-state index is 0.0339. The van der Waals surface area contributed by atoms with Crippen LogP contribution in [0.5, 0.6) is 0 Å². The molecule has 0 bridgehead atoms. The summed E-state index contributed by atoms with van der Waals surface area (Å²) in [4.78, 5) is 57.5. The Morgan fingerprint density at radius 1 is 0.375 bits per heavy atom.